The lowest BCUT2D eigenvalue weighted by molar-refractivity contribution is -0.114. The third-order valence-corrected chi connectivity index (χ3v) is 4.59. The zero-order valence-corrected chi connectivity index (χ0v) is 13.8. The van der Waals surface area contributed by atoms with Gasteiger partial charge in [-0.15, -0.1) is 11.3 Å². The van der Waals surface area contributed by atoms with Gasteiger partial charge < -0.3 is 10.2 Å². The van der Waals surface area contributed by atoms with E-state index < -0.39 is 0 Å². The van der Waals surface area contributed by atoms with Gasteiger partial charge in [-0.2, -0.15) is 11.3 Å². The number of rotatable bonds is 5. The highest BCUT2D eigenvalue weighted by atomic mass is 32.1. The van der Waals surface area contributed by atoms with Crippen molar-refractivity contribution in [1.29, 1.82) is 0 Å². The summed E-state index contributed by atoms with van der Waals surface area (Å²) in [7, 11) is 1.77. The molecule has 0 saturated carbocycles. The highest BCUT2D eigenvalue weighted by Gasteiger charge is 2.20. The summed E-state index contributed by atoms with van der Waals surface area (Å²) in [6.45, 7) is 3.43. The lowest BCUT2D eigenvalue weighted by Gasteiger charge is -2.23. The largest absolute Gasteiger partial charge is 0.337 e. The van der Waals surface area contributed by atoms with Crippen molar-refractivity contribution < 1.29 is 9.59 Å². The van der Waals surface area contributed by atoms with Crippen LogP contribution in [-0.2, 0) is 11.2 Å². The highest BCUT2D eigenvalue weighted by Crippen LogP contribution is 2.18. The maximum atomic E-state index is 12.4. The van der Waals surface area contributed by atoms with Gasteiger partial charge in [0.25, 0.3) is 5.91 Å². The topological polar surface area (TPSA) is 62.3 Å². The minimum absolute atomic E-state index is 0.0815. The second-order valence-electron chi connectivity index (χ2n) is 4.82. The molecule has 112 valence electrons. The van der Waals surface area contributed by atoms with Crippen LogP contribution < -0.4 is 5.32 Å². The Kier molecular flexibility index (Phi) is 5.08. The molecule has 5 nitrogen and oxygen atoms in total. The van der Waals surface area contributed by atoms with Crippen LogP contribution in [0.5, 0.6) is 0 Å². The van der Waals surface area contributed by atoms with E-state index in [9.17, 15) is 9.59 Å². The van der Waals surface area contributed by atoms with Gasteiger partial charge in [0.15, 0.2) is 5.13 Å². The van der Waals surface area contributed by atoms with Gasteiger partial charge in [-0.1, -0.05) is 0 Å². The molecule has 2 heterocycles. The molecule has 21 heavy (non-hydrogen) atoms. The van der Waals surface area contributed by atoms with Crippen molar-refractivity contribution in [3.05, 3.63) is 33.5 Å². The number of carbonyl (C=O) groups is 2. The van der Waals surface area contributed by atoms with Crippen molar-refractivity contribution >= 4 is 39.6 Å². The summed E-state index contributed by atoms with van der Waals surface area (Å²) in [6, 6.07) is 2.15. The van der Waals surface area contributed by atoms with Crippen LogP contribution in [0, 0.1) is 0 Å². The third kappa shape index (κ3) is 4.12. The average Bonchev–Trinajstić information content (AvgIpc) is 3.08. The van der Waals surface area contributed by atoms with Gasteiger partial charge >= 0.3 is 0 Å². The molecule has 0 radical (unpaired) electrons. The minimum Gasteiger partial charge on any atom is -0.337 e. The lowest BCUT2D eigenvalue weighted by atomic mass is 10.1. The molecule has 0 fully saturated rings. The van der Waals surface area contributed by atoms with E-state index in [2.05, 4.69) is 21.7 Å². The maximum Gasteiger partial charge on any atom is 0.273 e. The summed E-state index contributed by atoms with van der Waals surface area (Å²) in [4.78, 5) is 29.2. The molecule has 0 aliphatic rings. The number of nitrogens with one attached hydrogen (secondary N) is 1. The third-order valence-electron chi connectivity index (χ3n) is 3.10. The first-order valence-corrected chi connectivity index (χ1v) is 8.31. The number of thiazole rings is 1. The van der Waals surface area contributed by atoms with Crippen LogP contribution in [0.2, 0.25) is 0 Å². The average molecular weight is 323 g/mol. The zero-order valence-electron chi connectivity index (χ0n) is 12.1. The number of hydrogen-bond acceptors (Lipinski definition) is 5. The molecule has 2 rings (SSSR count). The molecule has 0 aliphatic heterocycles. The highest BCUT2D eigenvalue weighted by molar-refractivity contribution is 7.14. The summed E-state index contributed by atoms with van der Waals surface area (Å²) in [5.41, 5.74) is 1.59. The van der Waals surface area contributed by atoms with Crippen molar-refractivity contribution in [1.82, 2.24) is 9.88 Å². The zero-order chi connectivity index (χ0) is 15.4. The van der Waals surface area contributed by atoms with E-state index in [1.165, 1.54) is 23.8 Å². The van der Waals surface area contributed by atoms with Crippen LogP contribution in [0.15, 0.2) is 22.2 Å². The molecule has 2 amide bonds. The van der Waals surface area contributed by atoms with Crippen molar-refractivity contribution in [3.8, 4) is 0 Å². The normalized spacial score (nSPS) is 12.0. The molecule has 7 heteroatoms. The molecule has 0 bridgehead atoms. The van der Waals surface area contributed by atoms with E-state index in [1.54, 1.807) is 28.7 Å². The molecule has 0 unspecified atom stereocenters. The maximum absolute atomic E-state index is 12.4. The van der Waals surface area contributed by atoms with Gasteiger partial charge in [0.1, 0.15) is 5.69 Å². The fourth-order valence-electron chi connectivity index (χ4n) is 1.85. The smallest absolute Gasteiger partial charge is 0.273 e. The lowest BCUT2D eigenvalue weighted by Crippen LogP contribution is -2.36. The van der Waals surface area contributed by atoms with Crippen molar-refractivity contribution in [2.45, 2.75) is 26.3 Å². The van der Waals surface area contributed by atoms with Crippen LogP contribution in [0.3, 0.4) is 0 Å². The number of amides is 2. The van der Waals surface area contributed by atoms with Gasteiger partial charge in [-0.05, 0) is 35.7 Å². The molecule has 1 N–H and O–H groups in total. The number of aromatic nitrogens is 1. The molecule has 0 saturated heterocycles. The van der Waals surface area contributed by atoms with Crippen molar-refractivity contribution in [3.63, 3.8) is 0 Å². The predicted octanol–water partition coefficient (Wildman–Crippen LogP) is 2.87. The summed E-state index contributed by atoms with van der Waals surface area (Å²) in [6.07, 6.45) is 0.814. The van der Waals surface area contributed by atoms with E-state index in [1.807, 2.05) is 12.3 Å². The summed E-state index contributed by atoms with van der Waals surface area (Å²) in [5, 5.41) is 8.82. The first kappa shape index (κ1) is 15.7. The van der Waals surface area contributed by atoms with Gasteiger partial charge in [-0.3, -0.25) is 9.59 Å². The first-order valence-electron chi connectivity index (χ1n) is 6.48. The van der Waals surface area contributed by atoms with E-state index in [-0.39, 0.29) is 17.9 Å². The van der Waals surface area contributed by atoms with Gasteiger partial charge in [0, 0.05) is 25.4 Å². The predicted molar refractivity (Wildman–Crippen MR) is 86.0 cm³/mol. The van der Waals surface area contributed by atoms with Crippen molar-refractivity contribution in [2.24, 2.45) is 0 Å². The van der Waals surface area contributed by atoms with Crippen molar-refractivity contribution in [2.75, 3.05) is 12.4 Å². The fraction of sp³-hybridized carbons (Fsp3) is 0.357. The number of thiophene rings is 1. The Labute approximate surface area is 131 Å². The minimum atomic E-state index is -0.192. The molecule has 1 atom stereocenters. The molecule has 2 aromatic rings. The number of hydrogen-bond donors (Lipinski definition) is 1. The Hall–Kier alpha value is -1.73. The Morgan fingerprint density at radius 1 is 1.43 bits per heavy atom. The van der Waals surface area contributed by atoms with E-state index in [4.69, 9.17) is 0 Å². The first-order chi connectivity index (χ1) is 9.97. The number of nitrogens with zero attached hydrogens (tertiary/aromatic N) is 2. The van der Waals surface area contributed by atoms with Crippen LogP contribution in [0.4, 0.5) is 5.13 Å². The van der Waals surface area contributed by atoms with Gasteiger partial charge in [-0.25, -0.2) is 4.98 Å². The summed E-state index contributed by atoms with van der Waals surface area (Å²) < 4.78 is 0. The Balaban J connectivity index is 2.01. The summed E-state index contributed by atoms with van der Waals surface area (Å²) in [5.74, 6) is -0.326. The Morgan fingerprint density at radius 3 is 2.81 bits per heavy atom. The SMILES string of the molecule is CC(=O)Nc1nc(C(=O)N(C)[C@H](C)Cc2ccsc2)cs1. The van der Waals surface area contributed by atoms with Crippen LogP contribution in [0.1, 0.15) is 29.9 Å². The van der Waals surface area contributed by atoms with Crippen LogP contribution in [0.25, 0.3) is 0 Å². The van der Waals surface area contributed by atoms with E-state index in [0.717, 1.165) is 6.42 Å². The standard InChI is InChI=1S/C14H17N3O2S2/c1-9(6-11-4-5-20-7-11)17(3)13(19)12-8-21-14(16-12)15-10(2)18/h4-5,7-9H,6H2,1-3H3,(H,15,16,18)/t9-/m1/s1. The fourth-order valence-corrected chi connectivity index (χ4v) is 3.26. The molecule has 2 aromatic heterocycles. The molecule has 0 spiro atoms. The summed E-state index contributed by atoms with van der Waals surface area (Å²) >= 11 is 2.90. The Bertz CT molecular complexity index is 622. The van der Waals surface area contributed by atoms with Gasteiger partial charge in [0.2, 0.25) is 5.91 Å². The quantitative estimate of drug-likeness (QED) is 0.920. The number of anilines is 1. The van der Waals surface area contributed by atoms with E-state index >= 15 is 0 Å². The monoisotopic (exact) mass is 323 g/mol. The second-order valence-corrected chi connectivity index (χ2v) is 6.46. The van der Waals surface area contributed by atoms with Crippen LogP contribution in [-0.4, -0.2) is 34.8 Å². The second kappa shape index (κ2) is 6.82. The molecular weight excluding hydrogens is 306 g/mol. The number of likely N-dealkylation sites (N-methyl/N-ethyl adjacent to an activating group) is 1. The molecular formula is C14H17N3O2S2. The molecule has 0 aliphatic carbocycles. The molecule has 0 aromatic carbocycles. The van der Waals surface area contributed by atoms with E-state index in [0.29, 0.717) is 10.8 Å². The number of carbonyl (C=O) groups excluding carboxylic acids is 2. The van der Waals surface area contributed by atoms with Gasteiger partial charge in [0.05, 0.1) is 0 Å². The Morgan fingerprint density at radius 2 is 2.19 bits per heavy atom. The van der Waals surface area contributed by atoms with Crippen LogP contribution >= 0.6 is 22.7 Å².